The van der Waals surface area contributed by atoms with Crippen LogP contribution in [0.2, 0.25) is 0 Å². The SMILES string of the molecule is CCOc1cccc([N+](=O)[O-])c1C(=O)Nc1cc(F)ccc1O. The fraction of sp³-hybridized carbons (Fsp3) is 0.133. The molecule has 8 heteroatoms. The first kappa shape index (κ1) is 16.2. The molecule has 2 aromatic carbocycles. The molecule has 2 aromatic rings. The number of anilines is 1. The van der Waals surface area contributed by atoms with Gasteiger partial charge in [-0.1, -0.05) is 6.07 Å². The van der Waals surface area contributed by atoms with Crippen molar-refractivity contribution in [2.24, 2.45) is 0 Å². The number of phenols is 1. The predicted octanol–water partition coefficient (Wildman–Crippen LogP) is 3.09. The number of hydrogen-bond donors (Lipinski definition) is 2. The number of nitrogens with zero attached hydrogens (tertiary/aromatic N) is 1. The fourth-order valence-electron chi connectivity index (χ4n) is 1.97. The number of rotatable bonds is 5. The zero-order valence-corrected chi connectivity index (χ0v) is 12.1. The zero-order chi connectivity index (χ0) is 17.0. The molecule has 1 amide bonds. The third-order valence-corrected chi connectivity index (χ3v) is 2.93. The number of carbonyl (C=O) groups is 1. The second-order valence-corrected chi connectivity index (χ2v) is 4.46. The number of benzene rings is 2. The van der Waals surface area contributed by atoms with E-state index in [-0.39, 0.29) is 29.4 Å². The Hall–Kier alpha value is -3.16. The molecule has 0 aliphatic carbocycles. The Kier molecular flexibility index (Phi) is 4.75. The van der Waals surface area contributed by atoms with Gasteiger partial charge in [0.05, 0.1) is 17.2 Å². The van der Waals surface area contributed by atoms with Crippen LogP contribution in [0.25, 0.3) is 0 Å². The van der Waals surface area contributed by atoms with Crippen molar-refractivity contribution in [1.82, 2.24) is 0 Å². The summed E-state index contributed by atoms with van der Waals surface area (Å²) in [5.74, 6) is -1.90. The summed E-state index contributed by atoms with van der Waals surface area (Å²) in [7, 11) is 0. The second kappa shape index (κ2) is 6.73. The fourth-order valence-corrected chi connectivity index (χ4v) is 1.97. The topological polar surface area (TPSA) is 102 Å². The molecular weight excluding hydrogens is 307 g/mol. The van der Waals surface area contributed by atoms with E-state index >= 15 is 0 Å². The lowest BCUT2D eigenvalue weighted by molar-refractivity contribution is -0.385. The Morgan fingerprint density at radius 3 is 2.78 bits per heavy atom. The van der Waals surface area contributed by atoms with Gasteiger partial charge in [0.25, 0.3) is 11.6 Å². The molecule has 0 fully saturated rings. The first-order valence-corrected chi connectivity index (χ1v) is 6.64. The molecule has 0 aliphatic heterocycles. The molecule has 2 rings (SSSR count). The van der Waals surface area contributed by atoms with Crippen LogP contribution in [-0.2, 0) is 0 Å². The van der Waals surface area contributed by atoms with Gasteiger partial charge in [0.15, 0.2) is 5.56 Å². The summed E-state index contributed by atoms with van der Waals surface area (Å²) >= 11 is 0. The number of carbonyl (C=O) groups excluding carboxylic acids is 1. The molecular formula is C15H13FN2O5. The Morgan fingerprint density at radius 2 is 2.13 bits per heavy atom. The van der Waals surface area contributed by atoms with Crippen molar-refractivity contribution in [3.8, 4) is 11.5 Å². The van der Waals surface area contributed by atoms with Crippen LogP contribution in [0.3, 0.4) is 0 Å². The molecule has 7 nitrogen and oxygen atoms in total. The highest BCUT2D eigenvalue weighted by molar-refractivity contribution is 6.09. The van der Waals surface area contributed by atoms with Gasteiger partial charge in [-0.15, -0.1) is 0 Å². The van der Waals surface area contributed by atoms with E-state index in [1.54, 1.807) is 6.92 Å². The minimum Gasteiger partial charge on any atom is -0.506 e. The highest BCUT2D eigenvalue weighted by Gasteiger charge is 2.25. The van der Waals surface area contributed by atoms with E-state index in [4.69, 9.17) is 4.74 Å². The van der Waals surface area contributed by atoms with Crippen molar-refractivity contribution < 1.29 is 24.0 Å². The largest absolute Gasteiger partial charge is 0.506 e. The number of hydrogen-bond acceptors (Lipinski definition) is 5. The van der Waals surface area contributed by atoms with E-state index in [2.05, 4.69) is 5.32 Å². The van der Waals surface area contributed by atoms with Crippen LogP contribution in [0.1, 0.15) is 17.3 Å². The van der Waals surface area contributed by atoms with Crippen LogP contribution < -0.4 is 10.1 Å². The molecule has 0 unspecified atom stereocenters. The van der Waals surface area contributed by atoms with Gasteiger partial charge in [-0.05, 0) is 25.1 Å². The summed E-state index contributed by atoms with van der Waals surface area (Å²) in [5, 5.41) is 23.0. The highest BCUT2D eigenvalue weighted by atomic mass is 19.1. The lowest BCUT2D eigenvalue weighted by Crippen LogP contribution is -2.16. The maximum atomic E-state index is 13.2. The van der Waals surface area contributed by atoms with E-state index in [9.17, 15) is 24.4 Å². The van der Waals surface area contributed by atoms with Crippen LogP contribution >= 0.6 is 0 Å². The minimum absolute atomic E-state index is 0.0232. The molecule has 0 aromatic heterocycles. The number of halogens is 1. The van der Waals surface area contributed by atoms with Crippen LogP contribution in [-0.4, -0.2) is 22.5 Å². The summed E-state index contributed by atoms with van der Waals surface area (Å²) < 4.78 is 18.5. The summed E-state index contributed by atoms with van der Waals surface area (Å²) in [5.41, 5.74) is -0.956. The van der Waals surface area contributed by atoms with E-state index in [1.807, 2.05) is 0 Å². The summed E-state index contributed by atoms with van der Waals surface area (Å²) in [6, 6.07) is 6.94. The summed E-state index contributed by atoms with van der Waals surface area (Å²) in [6.45, 7) is 1.87. The van der Waals surface area contributed by atoms with Crippen molar-refractivity contribution in [2.45, 2.75) is 6.92 Å². The number of phenolic OH excluding ortho intramolecular Hbond substituents is 1. The van der Waals surface area contributed by atoms with Crippen molar-refractivity contribution in [1.29, 1.82) is 0 Å². The Balaban J connectivity index is 2.45. The predicted molar refractivity (Wildman–Crippen MR) is 80.3 cm³/mol. The smallest absolute Gasteiger partial charge is 0.285 e. The van der Waals surface area contributed by atoms with E-state index in [1.165, 1.54) is 12.1 Å². The van der Waals surface area contributed by atoms with Crippen LogP contribution in [0.4, 0.5) is 15.8 Å². The van der Waals surface area contributed by atoms with Gasteiger partial charge in [0.2, 0.25) is 0 Å². The van der Waals surface area contributed by atoms with Gasteiger partial charge in [0.1, 0.15) is 17.3 Å². The highest BCUT2D eigenvalue weighted by Crippen LogP contribution is 2.31. The molecule has 0 radical (unpaired) electrons. The molecule has 0 saturated carbocycles. The lowest BCUT2D eigenvalue weighted by atomic mass is 10.1. The van der Waals surface area contributed by atoms with Crippen LogP contribution in [0, 0.1) is 15.9 Å². The number of amides is 1. The second-order valence-electron chi connectivity index (χ2n) is 4.46. The zero-order valence-electron chi connectivity index (χ0n) is 12.1. The van der Waals surface area contributed by atoms with Gasteiger partial charge in [0, 0.05) is 12.1 Å². The number of aromatic hydroxyl groups is 1. The third-order valence-electron chi connectivity index (χ3n) is 2.93. The van der Waals surface area contributed by atoms with Gasteiger partial charge in [-0.3, -0.25) is 14.9 Å². The molecule has 0 atom stereocenters. The maximum Gasteiger partial charge on any atom is 0.285 e. The van der Waals surface area contributed by atoms with Crippen molar-refractivity contribution in [2.75, 3.05) is 11.9 Å². The molecule has 0 bridgehead atoms. The van der Waals surface area contributed by atoms with Crippen molar-refractivity contribution in [3.63, 3.8) is 0 Å². The number of ether oxygens (including phenoxy) is 1. The quantitative estimate of drug-likeness (QED) is 0.501. The van der Waals surface area contributed by atoms with Gasteiger partial charge in [-0.2, -0.15) is 0 Å². The third kappa shape index (κ3) is 3.54. The summed E-state index contributed by atoms with van der Waals surface area (Å²) in [6.07, 6.45) is 0. The number of nitro benzene ring substituents is 1. The molecule has 0 heterocycles. The Labute approximate surface area is 130 Å². The molecule has 0 saturated heterocycles. The Bertz CT molecular complexity index is 764. The van der Waals surface area contributed by atoms with E-state index < -0.39 is 22.3 Å². The lowest BCUT2D eigenvalue weighted by Gasteiger charge is -2.11. The number of nitrogens with one attached hydrogen (secondary N) is 1. The van der Waals surface area contributed by atoms with Crippen molar-refractivity contribution >= 4 is 17.3 Å². The monoisotopic (exact) mass is 320 g/mol. The standard InChI is InChI=1S/C15H13FN2O5/c1-2-23-13-5-3-4-11(18(21)22)14(13)15(20)17-10-8-9(16)6-7-12(10)19/h3-8,19H,2H2,1H3,(H,17,20). The van der Waals surface area contributed by atoms with Gasteiger partial charge in [-0.25, -0.2) is 4.39 Å². The van der Waals surface area contributed by atoms with Gasteiger partial charge >= 0.3 is 0 Å². The first-order chi connectivity index (χ1) is 10.9. The molecule has 0 aliphatic rings. The average Bonchev–Trinajstić information content (AvgIpc) is 2.51. The number of nitro groups is 1. The molecule has 23 heavy (non-hydrogen) atoms. The van der Waals surface area contributed by atoms with E-state index in [0.717, 1.165) is 24.3 Å². The maximum absolute atomic E-state index is 13.2. The molecule has 120 valence electrons. The normalized spacial score (nSPS) is 10.2. The van der Waals surface area contributed by atoms with Crippen LogP contribution in [0.15, 0.2) is 36.4 Å². The summed E-state index contributed by atoms with van der Waals surface area (Å²) in [4.78, 5) is 22.8. The average molecular weight is 320 g/mol. The molecule has 2 N–H and O–H groups in total. The van der Waals surface area contributed by atoms with Crippen molar-refractivity contribution in [3.05, 3.63) is 57.9 Å². The Morgan fingerprint density at radius 1 is 1.39 bits per heavy atom. The minimum atomic E-state index is -0.887. The van der Waals surface area contributed by atoms with Crippen LogP contribution in [0.5, 0.6) is 11.5 Å². The molecule has 0 spiro atoms. The first-order valence-electron chi connectivity index (χ1n) is 6.64. The van der Waals surface area contributed by atoms with Gasteiger partial charge < -0.3 is 15.2 Å². The van der Waals surface area contributed by atoms with E-state index in [0.29, 0.717) is 0 Å².